The molecule has 0 radical (unpaired) electrons. The molecular weight excluding hydrogens is 270 g/mol. The highest BCUT2D eigenvalue weighted by atomic mass is 16.5. The van der Waals surface area contributed by atoms with E-state index in [0.29, 0.717) is 29.4 Å². The molecule has 0 saturated carbocycles. The molecule has 0 saturated heterocycles. The lowest BCUT2D eigenvalue weighted by Crippen LogP contribution is -2.03. The van der Waals surface area contributed by atoms with E-state index in [2.05, 4.69) is 5.16 Å². The van der Waals surface area contributed by atoms with Crippen molar-refractivity contribution in [3.8, 4) is 17.2 Å². The average Bonchev–Trinajstić information content (AvgIpc) is 2.53. The number of phenols is 1. The number of rotatable bonds is 5. The number of phenolic OH excluding ortho intramolecular Hbond substituents is 1. The van der Waals surface area contributed by atoms with E-state index in [-0.39, 0.29) is 5.75 Å². The SMILES string of the molecule is COc1ccc(/C(C)=N/O)c(OCc2ccc(O)cc2)c1. The van der Waals surface area contributed by atoms with E-state index in [1.807, 2.05) is 0 Å². The maximum Gasteiger partial charge on any atom is 0.132 e. The molecule has 0 bridgehead atoms. The van der Waals surface area contributed by atoms with Crippen molar-refractivity contribution in [1.82, 2.24) is 0 Å². The lowest BCUT2D eigenvalue weighted by atomic mass is 10.1. The highest BCUT2D eigenvalue weighted by Crippen LogP contribution is 2.26. The van der Waals surface area contributed by atoms with Gasteiger partial charge in [-0.3, -0.25) is 0 Å². The molecule has 0 amide bonds. The molecule has 2 N–H and O–H groups in total. The van der Waals surface area contributed by atoms with E-state index >= 15 is 0 Å². The van der Waals surface area contributed by atoms with Crippen LogP contribution in [0.25, 0.3) is 0 Å². The fourth-order valence-corrected chi connectivity index (χ4v) is 1.86. The van der Waals surface area contributed by atoms with Crippen LogP contribution in [-0.4, -0.2) is 23.1 Å². The minimum atomic E-state index is 0.212. The third-order valence-electron chi connectivity index (χ3n) is 3.06. The Balaban J connectivity index is 2.22. The Morgan fingerprint density at radius 1 is 1.14 bits per heavy atom. The Labute approximate surface area is 123 Å². The summed E-state index contributed by atoms with van der Waals surface area (Å²) in [4.78, 5) is 0. The maximum absolute atomic E-state index is 9.26. The third kappa shape index (κ3) is 3.66. The fraction of sp³-hybridized carbons (Fsp3) is 0.188. The monoisotopic (exact) mass is 287 g/mol. The number of methoxy groups -OCH3 is 1. The second-order valence-electron chi connectivity index (χ2n) is 4.50. The molecule has 0 spiro atoms. The molecule has 0 aliphatic heterocycles. The van der Waals surface area contributed by atoms with Crippen LogP contribution in [0.3, 0.4) is 0 Å². The normalized spacial score (nSPS) is 11.2. The summed E-state index contributed by atoms with van der Waals surface area (Å²) < 4.78 is 11.0. The number of hydrogen-bond acceptors (Lipinski definition) is 5. The molecule has 21 heavy (non-hydrogen) atoms. The smallest absolute Gasteiger partial charge is 0.132 e. The van der Waals surface area contributed by atoms with Gasteiger partial charge in [-0.1, -0.05) is 17.3 Å². The van der Waals surface area contributed by atoms with Gasteiger partial charge < -0.3 is 19.8 Å². The first kappa shape index (κ1) is 14.7. The summed E-state index contributed by atoms with van der Waals surface area (Å²) >= 11 is 0. The summed E-state index contributed by atoms with van der Waals surface area (Å²) in [7, 11) is 1.58. The summed E-state index contributed by atoms with van der Waals surface area (Å²) in [6.07, 6.45) is 0. The minimum absolute atomic E-state index is 0.212. The Kier molecular flexibility index (Phi) is 4.66. The number of benzene rings is 2. The highest BCUT2D eigenvalue weighted by molar-refractivity contribution is 6.00. The molecule has 5 heteroatoms. The van der Waals surface area contributed by atoms with E-state index in [1.54, 1.807) is 56.5 Å². The van der Waals surface area contributed by atoms with Gasteiger partial charge in [-0.2, -0.15) is 0 Å². The van der Waals surface area contributed by atoms with Crippen LogP contribution < -0.4 is 9.47 Å². The van der Waals surface area contributed by atoms with Gasteiger partial charge in [-0.25, -0.2) is 0 Å². The van der Waals surface area contributed by atoms with E-state index < -0.39 is 0 Å². The molecule has 0 aromatic heterocycles. The van der Waals surface area contributed by atoms with Crippen LogP contribution >= 0.6 is 0 Å². The first-order valence-corrected chi connectivity index (χ1v) is 6.42. The number of hydrogen-bond donors (Lipinski definition) is 2. The van der Waals surface area contributed by atoms with Crippen molar-refractivity contribution >= 4 is 5.71 Å². The lowest BCUT2D eigenvalue weighted by molar-refractivity contribution is 0.301. The fourth-order valence-electron chi connectivity index (χ4n) is 1.86. The van der Waals surface area contributed by atoms with Crippen LogP contribution in [0.1, 0.15) is 18.1 Å². The number of ether oxygens (including phenoxy) is 2. The molecule has 0 fully saturated rings. The summed E-state index contributed by atoms with van der Waals surface area (Å²) in [5.74, 6) is 1.44. The molecule has 0 aliphatic carbocycles. The molecule has 5 nitrogen and oxygen atoms in total. The van der Waals surface area contributed by atoms with Crippen LogP contribution in [-0.2, 0) is 6.61 Å². The first-order chi connectivity index (χ1) is 10.1. The zero-order chi connectivity index (χ0) is 15.2. The molecule has 2 rings (SSSR count). The van der Waals surface area contributed by atoms with Gasteiger partial charge in [0, 0.05) is 11.6 Å². The molecule has 2 aromatic carbocycles. The molecule has 2 aromatic rings. The van der Waals surface area contributed by atoms with Gasteiger partial charge in [0.2, 0.25) is 0 Å². The number of oxime groups is 1. The van der Waals surface area contributed by atoms with Crippen LogP contribution in [0.2, 0.25) is 0 Å². The zero-order valence-electron chi connectivity index (χ0n) is 11.9. The van der Waals surface area contributed by atoms with Gasteiger partial charge in [0.15, 0.2) is 0 Å². The average molecular weight is 287 g/mol. The standard InChI is InChI=1S/C16H17NO4/c1-11(17-19)15-8-7-14(20-2)9-16(15)21-10-12-3-5-13(18)6-4-12/h3-9,18-19H,10H2,1-2H3/b17-11+. The minimum Gasteiger partial charge on any atom is -0.508 e. The molecule has 0 aliphatic rings. The summed E-state index contributed by atoms with van der Waals surface area (Å²) in [5, 5.41) is 21.4. The van der Waals surface area contributed by atoms with Crippen molar-refractivity contribution < 1.29 is 19.8 Å². The predicted octanol–water partition coefficient (Wildman–Crippen LogP) is 3.18. The first-order valence-electron chi connectivity index (χ1n) is 6.42. The van der Waals surface area contributed by atoms with Crippen molar-refractivity contribution in [3.05, 3.63) is 53.6 Å². The van der Waals surface area contributed by atoms with Crippen LogP contribution in [0.4, 0.5) is 0 Å². The number of nitrogens with zero attached hydrogens (tertiary/aromatic N) is 1. The summed E-state index contributed by atoms with van der Waals surface area (Å²) in [5.41, 5.74) is 2.07. The van der Waals surface area contributed by atoms with Crippen molar-refractivity contribution in [2.24, 2.45) is 5.16 Å². The van der Waals surface area contributed by atoms with Gasteiger partial charge in [-0.05, 0) is 36.8 Å². The van der Waals surface area contributed by atoms with Crippen molar-refractivity contribution in [1.29, 1.82) is 0 Å². The Bertz CT molecular complexity index is 635. The second kappa shape index (κ2) is 6.65. The van der Waals surface area contributed by atoms with E-state index in [0.717, 1.165) is 5.56 Å². The highest BCUT2D eigenvalue weighted by Gasteiger charge is 2.09. The van der Waals surface area contributed by atoms with E-state index in [9.17, 15) is 5.11 Å². The predicted molar refractivity (Wildman–Crippen MR) is 79.4 cm³/mol. The van der Waals surface area contributed by atoms with Crippen LogP contribution in [0.15, 0.2) is 47.6 Å². The van der Waals surface area contributed by atoms with Crippen molar-refractivity contribution in [3.63, 3.8) is 0 Å². The second-order valence-corrected chi connectivity index (χ2v) is 4.50. The Morgan fingerprint density at radius 2 is 1.86 bits per heavy atom. The Hall–Kier alpha value is -2.69. The quantitative estimate of drug-likeness (QED) is 0.503. The number of aromatic hydroxyl groups is 1. The molecule has 0 unspecified atom stereocenters. The largest absolute Gasteiger partial charge is 0.508 e. The molecular formula is C16H17NO4. The Morgan fingerprint density at radius 3 is 2.48 bits per heavy atom. The van der Waals surface area contributed by atoms with Crippen LogP contribution in [0.5, 0.6) is 17.2 Å². The van der Waals surface area contributed by atoms with Gasteiger partial charge in [-0.15, -0.1) is 0 Å². The summed E-state index contributed by atoms with van der Waals surface area (Å²) in [6, 6.07) is 12.1. The van der Waals surface area contributed by atoms with Crippen molar-refractivity contribution in [2.75, 3.05) is 7.11 Å². The van der Waals surface area contributed by atoms with Gasteiger partial charge in [0.25, 0.3) is 0 Å². The topological polar surface area (TPSA) is 71.3 Å². The maximum atomic E-state index is 9.26. The van der Waals surface area contributed by atoms with E-state index in [1.165, 1.54) is 0 Å². The summed E-state index contributed by atoms with van der Waals surface area (Å²) in [6.45, 7) is 2.02. The molecule has 110 valence electrons. The zero-order valence-corrected chi connectivity index (χ0v) is 11.9. The van der Waals surface area contributed by atoms with Crippen LogP contribution in [0, 0.1) is 0 Å². The van der Waals surface area contributed by atoms with Gasteiger partial charge >= 0.3 is 0 Å². The molecule has 0 atom stereocenters. The third-order valence-corrected chi connectivity index (χ3v) is 3.06. The van der Waals surface area contributed by atoms with Gasteiger partial charge in [0.05, 0.1) is 12.8 Å². The molecule has 0 heterocycles. The van der Waals surface area contributed by atoms with Crippen molar-refractivity contribution in [2.45, 2.75) is 13.5 Å². The van der Waals surface area contributed by atoms with E-state index in [4.69, 9.17) is 14.7 Å². The lowest BCUT2D eigenvalue weighted by Gasteiger charge is -2.12. The van der Waals surface area contributed by atoms with Gasteiger partial charge in [0.1, 0.15) is 23.9 Å².